The predicted molar refractivity (Wildman–Crippen MR) is 72.5 cm³/mol. The van der Waals surface area contributed by atoms with Gasteiger partial charge in [0.15, 0.2) is 0 Å². The first-order valence-corrected chi connectivity index (χ1v) is 7.21. The van der Waals surface area contributed by atoms with Crippen LogP contribution in [0.5, 0.6) is 0 Å². The number of hydrogen-bond acceptors (Lipinski definition) is 3. The maximum absolute atomic E-state index is 4.85. The third-order valence-electron chi connectivity index (χ3n) is 4.48. The number of nitrogens with zero attached hydrogens (tertiary/aromatic N) is 2. The summed E-state index contributed by atoms with van der Waals surface area (Å²) in [6.07, 6.45) is 6.91. The van der Waals surface area contributed by atoms with E-state index >= 15 is 0 Å². The van der Waals surface area contributed by atoms with Gasteiger partial charge in [0.05, 0.1) is 0 Å². The van der Waals surface area contributed by atoms with Crippen LogP contribution in [0, 0.1) is 5.41 Å². The summed E-state index contributed by atoms with van der Waals surface area (Å²) < 4.78 is 0. The van der Waals surface area contributed by atoms with Crippen molar-refractivity contribution < 1.29 is 0 Å². The fraction of sp³-hybridized carbons (Fsp3) is 0.733. The van der Waals surface area contributed by atoms with Crippen LogP contribution in [0.4, 0.5) is 0 Å². The van der Waals surface area contributed by atoms with Crippen LogP contribution >= 0.6 is 0 Å². The Morgan fingerprint density at radius 1 is 1.44 bits per heavy atom. The van der Waals surface area contributed by atoms with Gasteiger partial charge in [0.1, 0.15) is 5.82 Å². The number of aryl methyl sites for hydroxylation is 1. The van der Waals surface area contributed by atoms with E-state index in [-0.39, 0.29) is 0 Å². The van der Waals surface area contributed by atoms with Gasteiger partial charge in [0.2, 0.25) is 0 Å². The Kier molecular flexibility index (Phi) is 2.89. The molecule has 1 heterocycles. The zero-order valence-corrected chi connectivity index (χ0v) is 11.7. The largest absolute Gasteiger partial charge is 0.310 e. The minimum atomic E-state index is 0.421. The molecule has 98 valence electrons. The van der Waals surface area contributed by atoms with Crippen molar-refractivity contribution in [2.24, 2.45) is 5.41 Å². The van der Waals surface area contributed by atoms with Crippen molar-refractivity contribution in [3.63, 3.8) is 0 Å². The van der Waals surface area contributed by atoms with Crippen molar-refractivity contribution in [2.75, 3.05) is 6.54 Å². The van der Waals surface area contributed by atoms with Crippen molar-refractivity contribution in [3.8, 4) is 0 Å². The summed E-state index contributed by atoms with van der Waals surface area (Å²) in [4.78, 5) is 9.48. The van der Waals surface area contributed by atoms with Crippen molar-refractivity contribution in [1.82, 2.24) is 15.3 Å². The van der Waals surface area contributed by atoms with Crippen LogP contribution < -0.4 is 5.32 Å². The SMILES string of the molecule is CCNC1CCCc2nc(C3CC3(C)C)ncc21. The van der Waals surface area contributed by atoms with Crippen LogP contribution in [-0.2, 0) is 6.42 Å². The van der Waals surface area contributed by atoms with Gasteiger partial charge in [-0.1, -0.05) is 20.8 Å². The smallest absolute Gasteiger partial charge is 0.132 e. The zero-order valence-electron chi connectivity index (χ0n) is 11.7. The van der Waals surface area contributed by atoms with Crippen LogP contribution in [-0.4, -0.2) is 16.5 Å². The zero-order chi connectivity index (χ0) is 12.8. The fourth-order valence-corrected chi connectivity index (χ4v) is 3.10. The van der Waals surface area contributed by atoms with Crippen molar-refractivity contribution in [3.05, 3.63) is 23.3 Å². The van der Waals surface area contributed by atoms with E-state index in [9.17, 15) is 0 Å². The molecule has 0 bridgehead atoms. The Bertz CT molecular complexity index is 453. The maximum Gasteiger partial charge on any atom is 0.132 e. The monoisotopic (exact) mass is 245 g/mol. The van der Waals surface area contributed by atoms with Gasteiger partial charge < -0.3 is 5.32 Å². The summed E-state index contributed by atoms with van der Waals surface area (Å²) in [7, 11) is 0. The Hall–Kier alpha value is -0.960. The summed E-state index contributed by atoms with van der Waals surface area (Å²) >= 11 is 0. The third-order valence-corrected chi connectivity index (χ3v) is 4.48. The first-order chi connectivity index (χ1) is 8.62. The lowest BCUT2D eigenvalue weighted by Crippen LogP contribution is -2.26. The molecule has 0 aromatic carbocycles. The number of nitrogens with one attached hydrogen (secondary N) is 1. The third kappa shape index (κ3) is 2.05. The minimum Gasteiger partial charge on any atom is -0.310 e. The molecular formula is C15H23N3. The fourth-order valence-electron chi connectivity index (χ4n) is 3.10. The molecule has 3 rings (SSSR count). The molecule has 0 spiro atoms. The molecule has 3 nitrogen and oxygen atoms in total. The molecule has 1 fully saturated rings. The van der Waals surface area contributed by atoms with Crippen molar-refractivity contribution in [1.29, 1.82) is 0 Å². The van der Waals surface area contributed by atoms with E-state index < -0.39 is 0 Å². The second kappa shape index (κ2) is 4.30. The summed E-state index contributed by atoms with van der Waals surface area (Å²) in [5.74, 6) is 1.67. The second-order valence-electron chi connectivity index (χ2n) is 6.38. The van der Waals surface area contributed by atoms with E-state index in [1.165, 1.54) is 30.5 Å². The van der Waals surface area contributed by atoms with Crippen LogP contribution in [0.3, 0.4) is 0 Å². The van der Waals surface area contributed by atoms with Crippen LogP contribution in [0.25, 0.3) is 0 Å². The molecule has 2 aliphatic carbocycles. The summed E-state index contributed by atoms with van der Waals surface area (Å²) in [5.41, 5.74) is 3.05. The average molecular weight is 245 g/mol. The highest BCUT2D eigenvalue weighted by Gasteiger charge is 2.48. The lowest BCUT2D eigenvalue weighted by atomic mass is 9.92. The molecule has 2 aliphatic rings. The number of aromatic nitrogens is 2. The van der Waals surface area contributed by atoms with Gasteiger partial charge in [-0.3, -0.25) is 0 Å². The van der Waals surface area contributed by atoms with Crippen LogP contribution in [0.15, 0.2) is 6.20 Å². The molecule has 2 unspecified atom stereocenters. The lowest BCUT2D eigenvalue weighted by molar-refractivity contribution is 0.461. The normalized spacial score (nSPS) is 28.8. The summed E-state index contributed by atoms with van der Waals surface area (Å²) in [6, 6.07) is 0.472. The molecule has 0 saturated heterocycles. The first kappa shape index (κ1) is 12.1. The number of hydrogen-bond donors (Lipinski definition) is 1. The Morgan fingerprint density at radius 2 is 2.22 bits per heavy atom. The lowest BCUT2D eigenvalue weighted by Gasteiger charge is -2.25. The van der Waals surface area contributed by atoms with Gasteiger partial charge in [-0.15, -0.1) is 0 Å². The molecular weight excluding hydrogens is 222 g/mol. The highest BCUT2D eigenvalue weighted by Crippen LogP contribution is 2.57. The van der Waals surface area contributed by atoms with Crippen molar-refractivity contribution in [2.45, 2.75) is 58.4 Å². The molecule has 18 heavy (non-hydrogen) atoms. The molecule has 1 aromatic rings. The molecule has 0 aliphatic heterocycles. The van der Waals surface area contributed by atoms with E-state index in [0.717, 1.165) is 18.8 Å². The standard InChI is InChI=1S/C15H23N3/c1-4-16-12-6-5-7-13-10(12)9-17-14(18-13)11-8-15(11,2)3/h9,11-12,16H,4-8H2,1-3H3. The van der Waals surface area contributed by atoms with E-state index in [0.29, 0.717) is 17.4 Å². The van der Waals surface area contributed by atoms with Crippen molar-refractivity contribution >= 4 is 0 Å². The maximum atomic E-state index is 4.85. The van der Waals surface area contributed by atoms with Gasteiger partial charge in [-0.2, -0.15) is 0 Å². The summed E-state index contributed by atoms with van der Waals surface area (Å²) in [5, 5.41) is 3.54. The van der Waals surface area contributed by atoms with E-state index in [1.807, 2.05) is 0 Å². The van der Waals surface area contributed by atoms with Gasteiger partial charge in [-0.25, -0.2) is 9.97 Å². The molecule has 0 amide bonds. The quantitative estimate of drug-likeness (QED) is 0.889. The van der Waals surface area contributed by atoms with E-state index in [4.69, 9.17) is 4.98 Å². The van der Waals surface area contributed by atoms with Crippen LogP contribution in [0.1, 0.15) is 69.1 Å². The van der Waals surface area contributed by atoms with Gasteiger partial charge >= 0.3 is 0 Å². The molecule has 1 aromatic heterocycles. The van der Waals surface area contributed by atoms with Crippen LogP contribution in [0.2, 0.25) is 0 Å². The highest BCUT2D eigenvalue weighted by molar-refractivity contribution is 5.27. The van der Waals surface area contributed by atoms with E-state index in [2.05, 4.69) is 37.3 Å². The average Bonchev–Trinajstić information content (AvgIpc) is 2.99. The second-order valence-corrected chi connectivity index (χ2v) is 6.38. The highest BCUT2D eigenvalue weighted by atomic mass is 15.0. The molecule has 0 radical (unpaired) electrons. The van der Waals surface area contributed by atoms with Gasteiger partial charge in [0, 0.05) is 29.4 Å². The Balaban J connectivity index is 1.87. The number of rotatable bonds is 3. The van der Waals surface area contributed by atoms with E-state index in [1.54, 1.807) is 0 Å². The first-order valence-electron chi connectivity index (χ1n) is 7.21. The molecule has 3 heteroatoms. The Morgan fingerprint density at radius 3 is 2.89 bits per heavy atom. The Labute approximate surface area is 109 Å². The molecule has 1 saturated carbocycles. The molecule has 1 N–H and O–H groups in total. The topological polar surface area (TPSA) is 37.8 Å². The predicted octanol–water partition coefficient (Wildman–Crippen LogP) is 2.98. The molecule has 2 atom stereocenters. The minimum absolute atomic E-state index is 0.421. The summed E-state index contributed by atoms with van der Waals surface area (Å²) in [6.45, 7) is 7.79. The number of fused-ring (bicyclic) bond motifs is 1. The van der Waals surface area contributed by atoms with Gasteiger partial charge in [-0.05, 0) is 37.6 Å². The van der Waals surface area contributed by atoms with Gasteiger partial charge in [0.25, 0.3) is 0 Å².